The van der Waals surface area contributed by atoms with E-state index >= 15 is 0 Å². The van der Waals surface area contributed by atoms with Crippen LogP contribution in [-0.2, 0) is 4.79 Å². The first kappa shape index (κ1) is 32.8. The number of amides is 1. The number of hydrogen-bond donors (Lipinski definition) is 1. The van der Waals surface area contributed by atoms with Crippen molar-refractivity contribution in [2.75, 3.05) is 5.75 Å². The fourth-order valence-electron chi connectivity index (χ4n) is 5.42. The largest absolute Gasteiger partial charge is 0.464 e. The van der Waals surface area contributed by atoms with Gasteiger partial charge in [-0.25, -0.2) is 4.98 Å². The normalized spacial score (nSPS) is 14.1. The number of aromatic nitrogens is 2. The number of rotatable bonds is 9. The van der Waals surface area contributed by atoms with Crippen LogP contribution in [0.15, 0.2) is 79.7 Å². The minimum atomic E-state index is -0.147. The number of hydrogen-bond acceptors (Lipinski definition) is 5. The van der Waals surface area contributed by atoms with Crippen LogP contribution < -0.4 is 10.9 Å². The maximum Gasteiger partial charge on any atom is 0.262 e. The molecule has 4 aromatic rings. The smallest absolute Gasteiger partial charge is 0.262 e. The maximum absolute atomic E-state index is 14.1. The first-order valence-corrected chi connectivity index (χ1v) is 17.1. The van der Waals surface area contributed by atoms with Gasteiger partial charge in [0.1, 0.15) is 5.76 Å². The van der Waals surface area contributed by atoms with Gasteiger partial charge in [0.05, 0.1) is 23.4 Å². The number of carbonyl (C=O) groups is 1. The summed E-state index contributed by atoms with van der Waals surface area (Å²) >= 11 is 4.80. The lowest BCUT2D eigenvalue weighted by Crippen LogP contribution is -2.37. The van der Waals surface area contributed by atoms with Crippen molar-refractivity contribution >= 4 is 33.6 Å². The molecule has 1 amide bonds. The lowest BCUT2D eigenvalue weighted by Gasteiger charge is -2.23. The molecule has 1 saturated carbocycles. The quantitative estimate of drug-likeness (QED) is 0.143. The van der Waals surface area contributed by atoms with Gasteiger partial charge >= 0.3 is 0 Å². The predicted molar refractivity (Wildman–Crippen MR) is 181 cm³/mol. The van der Waals surface area contributed by atoms with E-state index in [1.807, 2.05) is 57.2 Å². The zero-order chi connectivity index (χ0) is 30.9. The van der Waals surface area contributed by atoms with Crippen LogP contribution in [-0.4, -0.2) is 27.3 Å². The third-order valence-electron chi connectivity index (χ3n) is 7.92. The number of halogens is 1. The van der Waals surface area contributed by atoms with E-state index in [1.165, 1.54) is 18.2 Å². The molecule has 6 nitrogen and oxygen atoms in total. The SMILES string of the molecule is CC.CCC(C)c1ccc(-c2ccco2)cc1-c1nc(SCC(=O)NC2CCCCC2)n(-c2ccc(Br)cc2)c(=O)c1C. The second kappa shape index (κ2) is 15.6. The summed E-state index contributed by atoms with van der Waals surface area (Å²) in [6.45, 7) is 10.2. The Balaban J connectivity index is 0.00000207. The Morgan fingerprint density at radius 1 is 1.12 bits per heavy atom. The van der Waals surface area contributed by atoms with Gasteiger partial charge in [-0.3, -0.25) is 14.2 Å². The second-order valence-electron chi connectivity index (χ2n) is 10.8. The summed E-state index contributed by atoms with van der Waals surface area (Å²) in [5, 5.41) is 3.69. The van der Waals surface area contributed by atoms with E-state index in [0.717, 1.165) is 59.0 Å². The molecule has 1 N–H and O–H groups in total. The molecule has 0 aliphatic heterocycles. The Morgan fingerprint density at radius 2 is 1.84 bits per heavy atom. The highest BCUT2D eigenvalue weighted by atomic mass is 79.9. The third-order valence-corrected chi connectivity index (χ3v) is 9.39. The van der Waals surface area contributed by atoms with Gasteiger partial charge in [-0.1, -0.05) is 86.8 Å². The standard InChI is InChI=1S/C33H36BrN3O3S.C2H6/c1-4-21(2)27-17-12-23(29-11-8-18-40-29)19-28(27)31-22(3)32(39)37(26-15-13-24(34)14-16-26)33(36-31)41-20-30(38)35-25-9-6-5-7-10-25;1-2/h8,11-19,21,25H,4-7,9-10,20H2,1-3H3,(H,35,38);1-2H3. The molecule has 43 heavy (non-hydrogen) atoms. The van der Waals surface area contributed by atoms with Crippen molar-refractivity contribution in [2.45, 2.75) is 90.3 Å². The maximum atomic E-state index is 14.1. The van der Waals surface area contributed by atoms with Gasteiger partial charge < -0.3 is 9.73 Å². The average Bonchev–Trinajstić information content (AvgIpc) is 3.58. The van der Waals surface area contributed by atoms with Crippen molar-refractivity contribution in [1.29, 1.82) is 0 Å². The summed E-state index contributed by atoms with van der Waals surface area (Å²) in [4.78, 5) is 32.2. The fraction of sp³-hybridized carbons (Fsp3) is 0.400. The monoisotopic (exact) mass is 663 g/mol. The molecule has 1 fully saturated rings. The predicted octanol–water partition coefficient (Wildman–Crippen LogP) is 9.31. The topological polar surface area (TPSA) is 77.1 Å². The van der Waals surface area contributed by atoms with E-state index in [0.29, 0.717) is 22.1 Å². The van der Waals surface area contributed by atoms with Gasteiger partial charge in [0.15, 0.2) is 5.16 Å². The highest BCUT2D eigenvalue weighted by Gasteiger charge is 2.23. The molecule has 2 heterocycles. The van der Waals surface area contributed by atoms with Crippen molar-refractivity contribution in [2.24, 2.45) is 0 Å². The lowest BCUT2D eigenvalue weighted by atomic mass is 9.89. The molecule has 0 spiro atoms. The molecule has 1 aliphatic rings. The number of nitrogens with one attached hydrogen (secondary N) is 1. The number of nitrogens with zero attached hydrogens (tertiary/aromatic N) is 2. The van der Waals surface area contributed by atoms with E-state index in [4.69, 9.17) is 9.40 Å². The summed E-state index contributed by atoms with van der Waals surface area (Å²) in [5.74, 6) is 1.19. The molecular weight excluding hydrogens is 622 g/mol. The van der Waals surface area contributed by atoms with Crippen LogP contribution in [0.3, 0.4) is 0 Å². The molecule has 2 aromatic carbocycles. The highest BCUT2D eigenvalue weighted by Crippen LogP contribution is 2.36. The summed E-state index contributed by atoms with van der Waals surface area (Å²) < 4.78 is 8.24. The van der Waals surface area contributed by atoms with Gasteiger partial charge in [-0.15, -0.1) is 0 Å². The molecule has 1 unspecified atom stereocenters. The Hall–Kier alpha value is -3.10. The van der Waals surface area contributed by atoms with Crippen LogP contribution >= 0.6 is 27.7 Å². The molecular formula is C35H42BrN3O3S. The minimum absolute atomic E-state index is 0.0271. The zero-order valence-electron chi connectivity index (χ0n) is 25.8. The molecule has 8 heteroatoms. The Bertz CT molecular complexity index is 1560. The van der Waals surface area contributed by atoms with Crippen LogP contribution in [0.25, 0.3) is 28.3 Å². The van der Waals surface area contributed by atoms with Gasteiger partial charge in [0.2, 0.25) is 5.91 Å². The third kappa shape index (κ3) is 7.90. The number of thioether (sulfide) groups is 1. The second-order valence-corrected chi connectivity index (χ2v) is 12.6. The molecule has 0 radical (unpaired) electrons. The Labute approximate surface area is 267 Å². The summed E-state index contributed by atoms with van der Waals surface area (Å²) in [6.07, 6.45) is 8.20. The van der Waals surface area contributed by atoms with Gasteiger partial charge in [-0.2, -0.15) is 0 Å². The van der Waals surface area contributed by atoms with E-state index < -0.39 is 0 Å². The van der Waals surface area contributed by atoms with E-state index in [2.05, 4.69) is 53.3 Å². The van der Waals surface area contributed by atoms with Crippen LogP contribution in [0, 0.1) is 6.92 Å². The first-order valence-electron chi connectivity index (χ1n) is 15.4. The zero-order valence-corrected chi connectivity index (χ0v) is 28.2. The van der Waals surface area contributed by atoms with Gasteiger partial charge in [-0.05, 0) is 80.1 Å². The molecule has 1 aliphatic carbocycles. The van der Waals surface area contributed by atoms with Crippen molar-refractivity contribution in [3.63, 3.8) is 0 Å². The number of benzene rings is 2. The van der Waals surface area contributed by atoms with Crippen molar-refractivity contribution in [3.05, 3.63) is 86.8 Å². The molecule has 0 saturated heterocycles. The number of carbonyl (C=O) groups excluding carboxylic acids is 1. The van der Waals surface area contributed by atoms with Crippen LogP contribution in [0.2, 0.25) is 0 Å². The fourth-order valence-corrected chi connectivity index (χ4v) is 6.50. The van der Waals surface area contributed by atoms with E-state index in [1.54, 1.807) is 10.8 Å². The molecule has 1 atom stereocenters. The highest BCUT2D eigenvalue weighted by molar-refractivity contribution is 9.10. The van der Waals surface area contributed by atoms with Crippen molar-refractivity contribution in [1.82, 2.24) is 14.9 Å². The van der Waals surface area contributed by atoms with Gasteiger partial charge in [0.25, 0.3) is 5.56 Å². The molecule has 5 rings (SSSR count). The van der Waals surface area contributed by atoms with Crippen LogP contribution in [0.5, 0.6) is 0 Å². The Morgan fingerprint density at radius 3 is 2.49 bits per heavy atom. The number of furan rings is 1. The van der Waals surface area contributed by atoms with Crippen LogP contribution in [0.4, 0.5) is 0 Å². The van der Waals surface area contributed by atoms with Crippen LogP contribution in [0.1, 0.15) is 83.3 Å². The van der Waals surface area contributed by atoms with E-state index in [9.17, 15) is 9.59 Å². The van der Waals surface area contributed by atoms with Crippen molar-refractivity contribution in [3.8, 4) is 28.3 Å². The van der Waals surface area contributed by atoms with E-state index in [-0.39, 0.29) is 29.2 Å². The summed E-state index contributed by atoms with van der Waals surface area (Å²) in [7, 11) is 0. The minimum Gasteiger partial charge on any atom is -0.464 e. The van der Waals surface area contributed by atoms with Gasteiger partial charge in [0, 0.05) is 27.2 Å². The average molecular weight is 665 g/mol. The molecule has 2 aromatic heterocycles. The molecule has 228 valence electrons. The Kier molecular flexibility index (Phi) is 11.9. The first-order chi connectivity index (χ1) is 20.9. The lowest BCUT2D eigenvalue weighted by molar-refractivity contribution is -0.119. The summed E-state index contributed by atoms with van der Waals surface area (Å²) in [6, 6.07) is 17.9. The van der Waals surface area contributed by atoms with Crippen molar-refractivity contribution < 1.29 is 9.21 Å². The summed E-state index contributed by atoms with van der Waals surface area (Å²) in [5.41, 5.74) is 4.74. The molecule has 0 bridgehead atoms.